The van der Waals surface area contributed by atoms with Gasteiger partial charge in [-0.25, -0.2) is 4.18 Å². The molecule has 0 aliphatic carbocycles. The van der Waals surface area contributed by atoms with E-state index in [2.05, 4.69) is 11.1 Å². The van der Waals surface area contributed by atoms with Gasteiger partial charge in [-0.1, -0.05) is 77.6 Å². The van der Waals surface area contributed by atoms with Crippen LogP contribution in [0.15, 0.2) is 0 Å². The van der Waals surface area contributed by atoms with E-state index < -0.39 is 47.2 Å². The highest BCUT2D eigenvalue weighted by molar-refractivity contribution is 7.80. The highest BCUT2D eigenvalue weighted by Crippen LogP contribution is 2.36. The van der Waals surface area contributed by atoms with Crippen molar-refractivity contribution in [1.82, 2.24) is 0 Å². The highest BCUT2D eigenvalue weighted by atomic mass is 32.3. The minimum absolute atomic E-state index is 0.133. The lowest BCUT2D eigenvalue weighted by atomic mass is 9.89. The third-order valence-electron chi connectivity index (χ3n) is 5.66. The Morgan fingerprint density at radius 1 is 0.833 bits per heavy atom. The van der Waals surface area contributed by atoms with Gasteiger partial charge in [-0.2, -0.15) is 8.42 Å². The van der Waals surface area contributed by atoms with Gasteiger partial charge >= 0.3 is 10.4 Å². The molecule has 30 heavy (non-hydrogen) atoms. The normalized spacial score (nSPS) is 29.9. The Kier molecular flexibility index (Phi) is 12.9. The highest BCUT2D eigenvalue weighted by Gasteiger charge is 2.56. The van der Waals surface area contributed by atoms with Crippen LogP contribution in [0.2, 0.25) is 0 Å². The van der Waals surface area contributed by atoms with Gasteiger partial charge in [0, 0.05) is 6.42 Å². The Hall–Kier alpha value is -0.330. The number of ether oxygens (including phenoxy) is 1. The van der Waals surface area contributed by atoms with Crippen LogP contribution < -0.4 is 0 Å². The lowest BCUT2D eigenvalue weighted by Gasteiger charge is -2.47. The third kappa shape index (κ3) is 9.44. The predicted molar refractivity (Wildman–Crippen MR) is 111 cm³/mol. The van der Waals surface area contributed by atoms with Crippen LogP contribution in [-0.4, -0.2) is 70.2 Å². The van der Waals surface area contributed by atoms with E-state index in [9.17, 15) is 28.8 Å². The Morgan fingerprint density at radius 3 is 1.73 bits per heavy atom. The molecule has 0 bridgehead atoms. The van der Waals surface area contributed by atoms with E-state index in [1.165, 1.54) is 44.9 Å². The first-order valence-electron chi connectivity index (χ1n) is 11.2. The van der Waals surface area contributed by atoms with Gasteiger partial charge in [0.1, 0.15) is 24.4 Å². The maximum atomic E-state index is 11.3. The fraction of sp³-hybridized carbons (Fsp3) is 1.00. The van der Waals surface area contributed by atoms with Gasteiger partial charge in [0.25, 0.3) is 0 Å². The van der Waals surface area contributed by atoms with Crippen molar-refractivity contribution in [3.05, 3.63) is 0 Å². The van der Waals surface area contributed by atoms with Crippen LogP contribution in [0.4, 0.5) is 0 Å². The maximum absolute atomic E-state index is 11.3. The van der Waals surface area contributed by atoms with Crippen LogP contribution in [0.25, 0.3) is 0 Å². The summed E-state index contributed by atoms with van der Waals surface area (Å²) in [6.07, 6.45) is 6.20. The van der Waals surface area contributed by atoms with Gasteiger partial charge < -0.3 is 25.2 Å². The van der Waals surface area contributed by atoms with Crippen LogP contribution in [0.1, 0.15) is 90.4 Å². The maximum Gasteiger partial charge on any atom is 0.400 e. The van der Waals surface area contributed by atoms with E-state index in [0.717, 1.165) is 19.3 Å². The van der Waals surface area contributed by atoms with Gasteiger partial charge in [-0.05, 0) is 6.42 Å². The third-order valence-corrected chi connectivity index (χ3v) is 6.15. The standard InChI is InChI=1S/C20H40O9S/c1-2-3-4-5-6-7-8-9-10-11-12-13-14-20(29-30(25,26)27)19(24)18(23)17(22)16(15-21)28-20/h16-19,21-24H,2-15H2,1H3,(H,25,26,27)/t16-,17-,18+,19-,20?/m1/s1. The topological polar surface area (TPSA) is 154 Å². The molecule has 1 saturated heterocycles. The van der Waals surface area contributed by atoms with E-state index >= 15 is 0 Å². The summed E-state index contributed by atoms with van der Waals surface area (Å²) in [5.74, 6) is -2.27. The van der Waals surface area contributed by atoms with E-state index in [-0.39, 0.29) is 6.42 Å². The summed E-state index contributed by atoms with van der Waals surface area (Å²) in [5.41, 5.74) is 0. The largest absolute Gasteiger partial charge is 0.400 e. The molecule has 1 fully saturated rings. The molecule has 5 atom stereocenters. The lowest BCUT2D eigenvalue weighted by Crippen LogP contribution is -2.66. The van der Waals surface area contributed by atoms with Crippen molar-refractivity contribution in [3.8, 4) is 0 Å². The van der Waals surface area contributed by atoms with Crippen molar-refractivity contribution in [1.29, 1.82) is 0 Å². The SMILES string of the molecule is CCCCCCCCCCCCCCC1(OS(=O)(=O)O)O[C@H](CO)[C@@H](O)[C@H](O)[C@H]1O. The molecule has 1 heterocycles. The van der Waals surface area contributed by atoms with Crippen molar-refractivity contribution >= 4 is 10.4 Å². The average molecular weight is 457 g/mol. The number of aliphatic hydroxyl groups is 4. The molecular formula is C20H40O9S. The fourth-order valence-corrected chi connectivity index (χ4v) is 4.49. The molecule has 9 nitrogen and oxygen atoms in total. The molecular weight excluding hydrogens is 416 g/mol. The summed E-state index contributed by atoms with van der Waals surface area (Å²) in [7, 11) is -5.01. The molecule has 0 radical (unpaired) electrons. The van der Waals surface area contributed by atoms with E-state index in [1.54, 1.807) is 0 Å². The first-order chi connectivity index (χ1) is 14.2. The van der Waals surface area contributed by atoms with Gasteiger partial charge in [-0.3, -0.25) is 4.55 Å². The Balaban J connectivity index is 2.42. The monoisotopic (exact) mass is 456 g/mol. The molecule has 1 rings (SSSR count). The Bertz CT molecular complexity index is 554. The van der Waals surface area contributed by atoms with Crippen LogP contribution >= 0.6 is 0 Å². The summed E-state index contributed by atoms with van der Waals surface area (Å²) in [4.78, 5) is 0. The average Bonchev–Trinajstić information content (AvgIpc) is 2.68. The van der Waals surface area contributed by atoms with Crippen LogP contribution in [0.5, 0.6) is 0 Å². The molecule has 1 unspecified atom stereocenters. The van der Waals surface area contributed by atoms with E-state index in [1.807, 2.05) is 0 Å². The zero-order valence-electron chi connectivity index (χ0n) is 18.0. The molecule has 0 saturated carbocycles. The first kappa shape index (κ1) is 27.7. The lowest BCUT2D eigenvalue weighted by molar-refractivity contribution is -0.340. The second kappa shape index (κ2) is 13.9. The number of unbranched alkanes of at least 4 members (excludes halogenated alkanes) is 11. The molecule has 180 valence electrons. The summed E-state index contributed by atoms with van der Waals surface area (Å²) >= 11 is 0. The molecule has 0 aromatic rings. The summed E-state index contributed by atoms with van der Waals surface area (Å²) in [6.45, 7) is 1.48. The zero-order chi connectivity index (χ0) is 22.6. The van der Waals surface area contributed by atoms with Crippen LogP contribution in [0, 0.1) is 0 Å². The minimum Gasteiger partial charge on any atom is -0.394 e. The van der Waals surface area contributed by atoms with Gasteiger partial charge in [0.15, 0.2) is 0 Å². The van der Waals surface area contributed by atoms with Crippen molar-refractivity contribution < 1.29 is 42.3 Å². The molecule has 0 aromatic heterocycles. The molecule has 1 aliphatic rings. The Morgan fingerprint density at radius 2 is 1.30 bits per heavy atom. The first-order valence-corrected chi connectivity index (χ1v) is 12.5. The van der Waals surface area contributed by atoms with Crippen molar-refractivity contribution in [2.75, 3.05) is 6.61 Å². The van der Waals surface area contributed by atoms with Gasteiger partial charge in [0.2, 0.25) is 5.79 Å². The van der Waals surface area contributed by atoms with Crippen LogP contribution in [-0.2, 0) is 19.3 Å². The second-order valence-electron chi connectivity index (χ2n) is 8.23. The van der Waals surface area contributed by atoms with Crippen LogP contribution in [0.3, 0.4) is 0 Å². The van der Waals surface area contributed by atoms with Crippen molar-refractivity contribution in [2.45, 2.75) is 121 Å². The smallest absolute Gasteiger partial charge is 0.394 e. The second-order valence-corrected chi connectivity index (χ2v) is 9.25. The predicted octanol–water partition coefficient (Wildman–Crippen LogP) is 2.07. The Labute approximate surface area is 180 Å². The molecule has 5 N–H and O–H groups in total. The molecule has 1 aliphatic heterocycles. The zero-order valence-corrected chi connectivity index (χ0v) is 18.8. The van der Waals surface area contributed by atoms with E-state index in [4.69, 9.17) is 9.29 Å². The van der Waals surface area contributed by atoms with E-state index in [0.29, 0.717) is 12.8 Å². The quantitative estimate of drug-likeness (QED) is 0.173. The molecule has 10 heteroatoms. The van der Waals surface area contributed by atoms with Gasteiger partial charge in [0.05, 0.1) is 6.61 Å². The van der Waals surface area contributed by atoms with Gasteiger partial charge in [-0.15, -0.1) is 0 Å². The fourth-order valence-electron chi connectivity index (χ4n) is 3.92. The number of hydrogen-bond donors (Lipinski definition) is 5. The summed E-state index contributed by atoms with van der Waals surface area (Å²) < 4.78 is 41.6. The molecule has 0 amide bonds. The van der Waals surface area contributed by atoms with Crippen molar-refractivity contribution in [3.63, 3.8) is 0 Å². The van der Waals surface area contributed by atoms with Crippen molar-refractivity contribution in [2.24, 2.45) is 0 Å². The summed E-state index contributed by atoms with van der Waals surface area (Å²) in [6, 6.07) is 0. The minimum atomic E-state index is -5.01. The number of aliphatic hydroxyl groups excluding tert-OH is 4. The molecule has 0 spiro atoms. The number of hydrogen-bond acceptors (Lipinski definition) is 8. The molecule has 0 aromatic carbocycles. The summed E-state index contributed by atoms with van der Waals surface area (Å²) in [5, 5.41) is 39.5. The number of rotatable bonds is 16.